The molecule has 0 fully saturated rings. The first kappa shape index (κ1) is 23.3. The standard InChI is InChI=1S/C24H22BrFN2O4/c1-3-31-22-10-8-18(13-23(22)30-2)24(29)28-27-14-16-7-9-21(20(25)12-16)32-15-17-5-4-6-19(26)11-17/h4-14H,3,15H2,1-2H3,(H,28,29)/b27-14+. The van der Waals surface area contributed by atoms with Gasteiger partial charge in [0.15, 0.2) is 11.5 Å². The van der Waals surface area contributed by atoms with Crippen LogP contribution in [0, 0.1) is 5.82 Å². The number of carbonyl (C=O) groups excluding carboxylic acids is 1. The van der Waals surface area contributed by atoms with E-state index in [9.17, 15) is 9.18 Å². The van der Waals surface area contributed by atoms with Crippen molar-refractivity contribution in [1.82, 2.24) is 5.43 Å². The van der Waals surface area contributed by atoms with Gasteiger partial charge in [-0.25, -0.2) is 9.82 Å². The van der Waals surface area contributed by atoms with Crippen molar-refractivity contribution in [2.24, 2.45) is 5.10 Å². The third-order valence-electron chi connectivity index (χ3n) is 4.34. The Morgan fingerprint density at radius 2 is 1.88 bits per heavy atom. The molecule has 0 spiro atoms. The summed E-state index contributed by atoms with van der Waals surface area (Å²) >= 11 is 3.45. The number of hydrazone groups is 1. The lowest BCUT2D eigenvalue weighted by Gasteiger charge is -2.10. The zero-order valence-electron chi connectivity index (χ0n) is 17.6. The maximum atomic E-state index is 13.3. The van der Waals surface area contributed by atoms with E-state index in [1.165, 1.54) is 25.5 Å². The smallest absolute Gasteiger partial charge is 0.271 e. The first-order valence-corrected chi connectivity index (χ1v) is 10.6. The first-order valence-electron chi connectivity index (χ1n) is 9.81. The van der Waals surface area contributed by atoms with Crippen molar-refractivity contribution in [3.63, 3.8) is 0 Å². The Bertz CT molecular complexity index is 1120. The number of hydrogen-bond acceptors (Lipinski definition) is 5. The highest BCUT2D eigenvalue weighted by molar-refractivity contribution is 9.10. The van der Waals surface area contributed by atoms with Gasteiger partial charge in [-0.1, -0.05) is 12.1 Å². The fourth-order valence-electron chi connectivity index (χ4n) is 2.82. The summed E-state index contributed by atoms with van der Waals surface area (Å²) in [5.41, 5.74) is 4.36. The molecule has 3 aromatic rings. The van der Waals surface area contributed by atoms with Gasteiger partial charge in [0.25, 0.3) is 5.91 Å². The highest BCUT2D eigenvalue weighted by Gasteiger charge is 2.10. The van der Waals surface area contributed by atoms with Crippen molar-refractivity contribution < 1.29 is 23.4 Å². The molecular weight excluding hydrogens is 479 g/mol. The van der Waals surface area contributed by atoms with Crippen LogP contribution in [-0.2, 0) is 6.61 Å². The third-order valence-corrected chi connectivity index (χ3v) is 4.96. The number of benzene rings is 3. The Hall–Kier alpha value is -3.39. The van der Waals surface area contributed by atoms with Gasteiger partial charge in [0.1, 0.15) is 18.2 Å². The fourth-order valence-corrected chi connectivity index (χ4v) is 3.33. The maximum absolute atomic E-state index is 13.3. The molecule has 1 amide bonds. The number of nitrogens with zero attached hydrogens (tertiary/aromatic N) is 1. The Labute approximate surface area is 194 Å². The van der Waals surface area contributed by atoms with Crippen LogP contribution < -0.4 is 19.6 Å². The van der Waals surface area contributed by atoms with Gasteiger partial charge >= 0.3 is 0 Å². The second-order valence-corrected chi connectivity index (χ2v) is 7.46. The van der Waals surface area contributed by atoms with Crippen LogP contribution in [0.15, 0.2) is 70.2 Å². The molecule has 0 aliphatic heterocycles. The highest BCUT2D eigenvalue weighted by Crippen LogP contribution is 2.28. The molecule has 0 aromatic heterocycles. The zero-order chi connectivity index (χ0) is 22.9. The number of nitrogens with one attached hydrogen (secondary N) is 1. The van der Waals surface area contributed by atoms with Gasteiger partial charge < -0.3 is 14.2 Å². The van der Waals surface area contributed by atoms with E-state index in [0.717, 1.165) is 11.1 Å². The maximum Gasteiger partial charge on any atom is 0.271 e. The predicted molar refractivity (Wildman–Crippen MR) is 124 cm³/mol. The molecule has 0 aliphatic carbocycles. The summed E-state index contributed by atoms with van der Waals surface area (Å²) in [5, 5.41) is 4.01. The van der Waals surface area contributed by atoms with Crippen LogP contribution in [0.4, 0.5) is 4.39 Å². The average molecular weight is 501 g/mol. The van der Waals surface area contributed by atoms with Gasteiger partial charge in [-0.15, -0.1) is 0 Å². The minimum Gasteiger partial charge on any atom is -0.493 e. The molecule has 6 nitrogen and oxygen atoms in total. The van der Waals surface area contributed by atoms with E-state index in [4.69, 9.17) is 14.2 Å². The minimum atomic E-state index is -0.378. The largest absolute Gasteiger partial charge is 0.493 e. The summed E-state index contributed by atoms with van der Waals surface area (Å²) in [4.78, 5) is 12.4. The Morgan fingerprint density at radius 1 is 1.06 bits per heavy atom. The van der Waals surface area contributed by atoms with Gasteiger partial charge in [0.05, 0.1) is 24.4 Å². The van der Waals surface area contributed by atoms with Crippen molar-refractivity contribution in [3.8, 4) is 17.2 Å². The zero-order valence-corrected chi connectivity index (χ0v) is 19.2. The summed E-state index contributed by atoms with van der Waals surface area (Å²) in [6.07, 6.45) is 1.52. The molecule has 8 heteroatoms. The van der Waals surface area contributed by atoms with Crippen LogP contribution in [0.5, 0.6) is 17.2 Å². The monoisotopic (exact) mass is 500 g/mol. The van der Waals surface area contributed by atoms with Gasteiger partial charge in [-0.2, -0.15) is 5.10 Å². The number of rotatable bonds is 9. The molecule has 0 aliphatic rings. The van der Waals surface area contributed by atoms with Crippen LogP contribution in [0.3, 0.4) is 0 Å². The van der Waals surface area contributed by atoms with Gasteiger partial charge in [-0.3, -0.25) is 4.79 Å². The van der Waals surface area contributed by atoms with Crippen LogP contribution in [0.25, 0.3) is 0 Å². The van der Waals surface area contributed by atoms with Crippen LogP contribution in [0.1, 0.15) is 28.4 Å². The summed E-state index contributed by atoms with van der Waals surface area (Å²) in [5.74, 6) is 0.969. The van der Waals surface area contributed by atoms with Crippen molar-refractivity contribution in [1.29, 1.82) is 0 Å². The van der Waals surface area contributed by atoms with E-state index >= 15 is 0 Å². The van der Waals surface area contributed by atoms with E-state index in [0.29, 0.717) is 33.9 Å². The molecular formula is C24H22BrFN2O4. The molecule has 0 radical (unpaired) electrons. The number of methoxy groups -OCH3 is 1. The minimum absolute atomic E-state index is 0.241. The van der Waals surface area contributed by atoms with Gasteiger partial charge in [-0.05, 0) is 82.5 Å². The van der Waals surface area contributed by atoms with E-state index in [-0.39, 0.29) is 18.3 Å². The molecule has 3 rings (SSSR count). The summed E-state index contributed by atoms with van der Waals surface area (Å²) < 4.78 is 30.4. The SMILES string of the molecule is CCOc1ccc(C(=O)N/N=C/c2ccc(OCc3cccc(F)c3)c(Br)c2)cc1OC. The van der Waals surface area contributed by atoms with E-state index in [2.05, 4.69) is 26.5 Å². The molecule has 0 heterocycles. The van der Waals surface area contributed by atoms with Crippen LogP contribution in [0.2, 0.25) is 0 Å². The Kier molecular flexibility index (Phi) is 8.21. The normalized spacial score (nSPS) is 10.8. The fraction of sp³-hybridized carbons (Fsp3) is 0.167. The van der Waals surface area contributed by atoms with E-state index in [1.807, 2.05) is 6.92 Å². The lowest BCUT2D eigenvalue weighted by atomic mass is 10.2. The number of ether oxygens (including phenoxy) is 3. The second-order valence-electron chi connectivity index (χ2n) is 6.61. The number of halogens is 2. The first-order chi connectivity index (χ1) is 15.5. The molecule has 166 valence electrons. The van der Waals surface area contributed by atoms with Crippen LogP contribution in [-0.4, -0.2) is 25.8 Å². The van der Waals surface area contributed by atoms with Crippen molar-refractivity contribution in [3.05, 3.63) is 87.6 Å². The second kappa shape index (κ2) is 11.3. The van der Waals surface area contributed by atoms with Crippen molar-refractivity contribution in [2.45, 2.75) is 13.5 Å². The summed E-state index contributed by atoms with van der Waals surface area (Å²) in [6.45, 7) is 2.61. The average Bonchev–Trinajstić information content (AvgIpc) is 2.79. The van der Waals surface area contributed by atoms with Crippen LogP contribution >= 0.6 is 15.9 Å². The predicted octanol–water partition coefficient (Wildman–Crippen LogP) is 5.34. The molecule has 0 bridgehead atoms. The van der Waals surface area contributed by atoms with Gasteiger partial charge in [0.2, 0.25) is 0 Å². The summed E-state index contributed by atoms with van der Waals surface area (Å²) in [7, 11) is 1.51. The molecule has 0 saturated heterocycles. The Balaban J connectivity index is 1.59. The van der Waals surface area contributed by atoms with Crippen molar-refractivity contribution in [2.75, 3.05) is 13.7 Å². The molecule has 1 N–H and O–H groups in total. The number of carbonyl (C=O) groups is 1. The molecule has 32 heavy (non-hydrogen) atoms. The van der Waals surface area contributed by atoms with Gasteiger partial charge in [0, 0.05) is 5.56 Å². The summed E-state index contributed by atoms with van der Waals surface area (Å²) in [6, 6.07) is 16.5. The van der Waals surface area contributed by atoms with E-state index in [1.54, 1.807) is 48.5 Å². The Morgan fingerprint density at radius 3 is 2.59 bits per heavy atom. The molecule has 0 saturated carbocycles. The lowest BCUT2D eigenvalue weighted by Crippen LogP contribution is -2.17. The quantitative estimate of drug-likeness (QED) is 0.318. The number of amides is 1. The van der Waals surface area contributed by atoms with Crippen molar-refractivity contribution >= 4 is 28.1 Å². The molecule has 3 aromatic carbocycles. The topological polar surface area (TPSA) is 69.2 Å². The number of hydrogen-bond donors (Lipinski definition) is 1. The lowest BCUT2D eigenvalue weighted by molar-refractivity contribution is 0.0954. The van der Waals surface area contributed by atoms with E-state index < -0.39 is 0 Å². The highest BCUT2D eigenvalue weighted by atomic mass is 79.9. The molecule has 0 unspecified atom stereocenters. The molecule has 0 atom stereocenters. The third kappa shape index (κ3) is 6.31.